The molecular formula is C9H19N3O4S. The van der Waals surface area contributed by atoms with Gasteiger partial charge in [-0.05, 0) is 0 Å². The summed E-state index contributed by atoms with van der Waals surface area (Å²) >= 11 is 0. The molecule has 1 aliphatic rings. The van der Waals surface area contributed by atoms with Crippen LogP contribution in [0.3, 0.4) is 0 Å². The van der Waals surface area contributed by atoms with Crippen molar-refractivity contribution in [3.63, 3.8) is 0 Å². The number of nitrogens with one attached hydrogen (secondary N) is 3. The smallest absolute Gasteiger partial charge is 0.222 e. The predicted octanol–water partition coefficient (Wildman–Crippen LogP) is -1.97. The maximum absolute atomic E-state index is 11.4. The number of sulfonamides is 1. The Bertz CT molecular complexity index is 338. The highest BCUT2D eigenvalue weighted by molar-refractivity contribution is 7.88. The van der Waals surface area contributed by atoms with Crippen LogP contribution in [-0.2, 0) is 19.6 Å². The lowest BCUT2D eigenvalue weighted by molar-refractivity contribution is -0.124. The summed E-state index contributed by atoms with van der Waals surface area (Å²) in [5, 5.41) is 5.76. The standard InChI is InChI=1S/C9H19N3O4S/c1-17(14,15)12-3-2-11-9(13)6-8-7-10-4-5-16-8/h8,10,12H,2-7H2,1H3,(H,11,13). The molecule has 1 saturated heterocycles. The second kappa shape index (κ2) is 6.90. The quantitative estimate of drug-likeness (QED) is 0.484. The van der Waals surface area contributed by atoms with Crippen LogP contribution in [0.4, 0.5) is 0 Å². The zero-order chi connectivity index (χ0) is 12.7. The molecule has 1 aliphatic heterocycles. The summed E-state index contributed by atoms with van der Waals surface area (Å²) in [4.78, 5) is 11.4. The van der Waals surface area contributed by atoms with Gasteiger partial charge in [-0.2, -0.15) is 0 Å². The molecule has 0 saturated carbocycles. The van der Waals surface area contributed by atoms with Crippen molar-refractivity contribution in [2.45, 2.75) is 12.5 Å². The third-order valence-corrected chi connectivity index (χ3v) is 2.96. The van der Waals surface area contributed by atoms with Gasteiger partial charge in [-0.3, -0.25) is 4.79 Å². The first-order valence-electron chi connectivity index (χ1n) is 5.51. The summed E-state index contributed by atoms with van der Waals surface area (Å²) in [7, 11) is -3.19. The Balaban J connectivity index is 2.08. The molecule has 1 rings (SSSR count). The molecule has 0 spiro atoms. The highest BCUT2D eigenvalue weighted by Crippen LogP contribution is 2.00. The van der Waals surface area contributed by atoms with E-state index in [1.54, 1.807) is 0 Å². The maximum atomic E-state index is 11.4. The van der Waals surface area contributed by atoms with Gasteiger partial charge in [0.1, 0.15) is 0 Å². The summed E-state index contributed by atoms with van der Waals surface area (Å²) in [5.74, 6) is -0.131. The minimum absolute atomic E-state index is 0.0911. The van der Waals surface area contributed by atoms with Crippen LogP contribution in [0, 0.1) is 0 Å². The van der Waals surface area contributed by atoms with E-state index >= 15 is 0 Å². The van der Waals surface area contributed by atoms with Crippen LogP contribution >= 0.6 is 0 Å². The molecule has 0 bridgehead atoms. The van der Waals surface area contributed by atoms with E-state index in [1.165, 1.54) is 0 Å². The molecule has 1 atom stereocenters. The zero-order valence-electron chi connectivity index (χ0n) is 9.86. The fourth-order valence-electron chi connectivity index (χ4n) is 1.47. The molecule has 0 aromatic rings. The number of carbonyl (C=O) groups excluding carboxylic acids is 1. The molecular weight excluding hydrogens is 246 g/mol. The van der Waals surface area contributed by atoms with Crippen molar-refractivity contribution in [3.05, 3.63) is 0 Å². The zero-order valence-corrected chi connectivity index (χ0v) is 10.7. The van der Waals surface area contributed by atoms with Gasteiger partial charge >= 0.3 is 0 Å². The van der Waals surface area contributed by atoms with Gasteiger partial charge in [0, 0.05) is 26.2 Å². The average Bonchev–Trinajstić information content (AvgIpc) is 2.25. The van der Waals surface area contributed by atoms with Gasteiger partial charge in [-0.15, -0.1) is 0 Å². The Kier molecular flexibility index (Phi) is 5.83. The summed E-state index contributed by atoms with van der Waals surface area (Å²) in [6.45, 7) is 2.60. The summed E-state index contributed by atoms with van der Waals surface area (Å²) < 4.78 is 29.2. The number of hydrogen-bond acceptors (Lipinski definition) is 5. The van der Waals surface area contributed by atoms with Gasteiger partial charge in [-0.1, -0.05) is 0 Å². The fraction of sp³-hybridized carbons (Fsp3) is 0.889. The first-order valence-corrected chi connectivity index (χ1v) is 7.40. The molecule has 8 heteroatoms. The molecule has 100 valence electrons. The largest absolute Gasteiger partial charge is 0.375 e. The topological polar surface area (TPSA) is 96.5 Å². The van der Waals surface area contributed by atoms with Crippen molar-refractivity contribution in [1.82, 2.24) is 15.4 Å². The van der Waals surface area contributed by atoms with Gasteiger partial charge in [-0.25, -0.2) is 13.1 Å². The van der Waals surface area contributed by atoms with Crippen molar-refractivity contribution in [2.24, 2.45) is 0 Å². The molecule has 0 aromatic heterocycles. The van der Waals surface area contributed by atoms with Crippen LogP contribution in [-0.4, -0.2) is 59.5 Å². The average molecular weight is 265 g/mol. The van der Waals surface area contributed by atoms with E-state index in [1.807, 2.05) is 0 Å². The van der Waals surface area contributed by atoms with Crippen LogP contribution in [0.2, 0.25) is 0 Å². The van der Waals surface area contributed by atoms with Crippen LogP contribution < -0.4 is 15.4 Å². The molecule has 1 amide bonds. The Morgan fingerprint density at radius 1 is 1.47 bits per heavy atom. The highest BCUT2D eigenvalue weighted by Gasteiger charge is 2.16. The van der Waals surface area contributed by atoms with Crippen molar-refractivity contribution in [3.8, 4) is 0 Å². The number of morpholine rings is 1. The van der Waals surface area contributed by atoms with Gasteiger partial charge in [0.15, 0.2) is 0 Å². The fourth-order valence-corrected chi connectivity index (χ4v) is 1.94. The lowest BCUT2D eigenvalue weighted by Gasteiger charge is -2.23. The third kappa shape index (κ3) is 7.27. The lowest BCUT2D eigenvalue weighted by atomic mass is 10.2. The van der Waals surface area contributed by atoms with Crippen molar-refractivity contribution in [1.29, 1.82) is 0 Å². The van der Waals surface area contributed by atoms with E-state index in [2.05, 4.69) is 15.4 Å². The number of amides is 1. The molecule has 1 unspecified atom stereocenters. The Morgan fingerprint density at radius 2 is 2.24 bits per heavy atom. The van der Waals surface area contributed by atoms with Gasteiger partial charge in [0.05, 0.1) is 25.4 Å². The summed E-state index contributed by atoms with van der Waals surface area (Å²) in [6.07, 6.45) is 1.29. The molecule has 3 N–H and O–H groups in total. The normalized spacial score (nSPS) is 21.1. The van der Waals surface area contributed by atoms with Crippen molar-refractivity contribution >= 4 is 15.9 Å². The Hall–Kier alpha value is -0.700. The first-order chi connectivity index (χ1) is 7.97. The Morgan fingerprint density at radius 3 is 2.82 bits per heavy atom. The van der Waals surface area contributed by atoms with Gasteiger partial charge in [0.2, 0.25) is 15.9 Å². The van der Waals surface area contributed by atoms with Crippen LogP contribution in [0.25, 0.3) is 0 Å². The summed E-state index contributed by atoms with van der Waals surface area (Å²) in [5.41, 5.74) is 0. The highest BCUT2D eigenvalue weighted by atomic mass is 32.2. The molecule has 17 heavy (non-hydrogen) atoms. The number of ether oxygens (including phenoxy) is 1. The summed E-state index contributed by atoms with van der Waals surface area (Å²) in [6, 6.07) is 0. The van der Waals surface area contributed by atoms with E-state index in [9.17, 15) is 13.2 Å². The van der Waals surface area contributed by atoms with E-state index in [0.717, 1.165) is 12.8 Å². The van der Waals surface area contributed by atoms with E-state index in [-0.39, 0.29) is 25.1 Å². The van der Waals surface area contributed by atoms with Crippen molar-refractivity contribution in [2.75, 3.05) is 39.0 Å². The number of hydrogen-bond donors (Lipinski definition) is 3. The number of rotatable bonds is 6. The minimum Gasteiger partial charge on any atom is -0.375 e. The molecule has 0 aliphatic carbocycles. The van der Waals surface area contributed by atoms with Gasteiger partial charge < -0.3 is 15.4 Å². The second-order valence-electron chi connectivity index (χ2n) is 3.92. The molecule has 1 heterocycles. The van der Waals surface area contributed by atoms with Crippen LogP contribution in [0.5, 0.6) is 0 Å². The Labute approximate surface area is 101 Å². The van der Waals surface area contributed by atoms with Crippen LogP contribution in [0.1, 0.15) is 6.42 Å². The van der Waals surface area contributed by atoms with E-state index in [4.69, 9.17) is 4.74 Å². The minimum atomic E-state index is -3.19. The van der Waals surface area contributed by atoms with Crippen LogP contribution in [0.15, 0.2) is 0 Å². The molecule has 7 nitrogen and oxygen atoms in total. The number of carbonyl (C=O) groups is 1. The SMILES string of the molecule is CS(=O)(=O)NCCNC(=O)CC1CNCCO1. The monoisotopic (exact) mass is 265 g/mol. The molecule has 0 radical (unpaired) electrons. The van der Waals surface area contributed by atoms with E-state index in [0.29, 0.717) is 19.6 Å². The molecule has 1 fully saturated rings. The van der Waals surface area contributed by atoms with E-state index < -0.39 is 10.0 Å². The maximum Gasteiger partial charge on any atom is 0.222 e. The third-order valence-electron chi connectivity index (χ3n) is 2.23. The lowest BCUT2D eigenvalue weighted by Crippen LogP contribution is -2.42. The van der Waals surface area contributed by atoms with Crippen molar-refractivity contribution < 1.29 is 17.9 Å². The van der Waals surface area contributed by atoms with Gasteiger partial charge in [0.25, 0.3) is 0 Å². The molecule has 0 aromatic carbocycles. The predicted molar refractivity (Wildman–Crippen MR) is 63.1 cm³/mol. The second-order valence-corrected chi connectivity index (χ2v) is 5.75. The first kappa shape index (κ1) is 14.4.